The van der Waals surface area contributed by atoms with E-state index in [-0.39, 0.29) is 11.5 Å². The standard InChI is InChI=1S/C15H28N2O/c1-15(9-3-2-4-10-15)17-14(18)13-7-5-12(11-16)6-8-13/h12-13H,2-11,16H2,1H3,(H,17,18). The van der Waals surface area contributed by atoms with Gasteiger partial charge >= 0.3 is 0 Å². The van der Waals surface area contributed by atoms with E-state index in [0.29, 0.717) is 11.8 Å². The highest BCUT2D eigenvalue weighted by Crippen LogP contribution is 2.31. The van der Waals surface area contributed by atoms with Gasteiger partial charge in [0, 0.05) is 11.5 Å². The first-order valence-corrected chi connectivity index (χ1v) is 7.65. The lowest BCUT2D eigenvalue weighted by Crippen LogP contribution is -2.49. The molecule has 3 heteroatoms. The molecule has 0 heterocycles. The second-order valence-electron chi connectivity index (χ2n) is 6.56. The van der Waals surface area contributed by atoms with Gasteiger partial charge in [-0.05, 0) is 57.9 Å². The van der Waals surface area contributed by atoms with E-state index in [4.69, 9.17) is 5.73 Å². The van der Waals surface area contributed by atoms with Crippen molar-refractivity contribution in [3.63, 3.8) is 0 Å². The van der Waals surface area contributed by atoms with Crippen LogP contribution >= 0.6 is 0 Å². The van der Waals surface area contributed by atoms with Gasteiger partial charge in [0.05, 0.1) is 0 Å². The van der Waals surface area contributed by atoms with E-state index >= 15 is 0 Å². The van der Waals surface area contributed by atoms with Crippen LogP contribution in [0.25, 0.3) is 0 Å². The summed E-state index contributed by atoms with van der Waals surface area (Å²) in [4.78, 5) is 12.3. The summed E-state index contributed by atoms with van der Waals surface area (Å²) in [5, 5.41) is 3.33. The van der Waals surface area contributed by atoms with Crippen LogP contribution in [0.3, 0.4) is 0 Å². The van der Waals surface area contributed by atoms with Gasteiger partial charge in [-0.3, -0.25) is 4.79 Å². The largest absolute Gasteiger partial charge is 0.351 e. The first kappa shape index (κ1) is 13.9. The normalized spacial score (nSPS) is 31.9. The van der Waals surface area contributed by atoms with Crippen LogP contribution in [0, 0.1) is 11.8 Å². The molecule has 2 rings (SSSR count). The molecular formula is C15H28N2O. The van der Waals surface area contributed by atoms with Crippen molar-refractivity contribution in [2.24, 2.45) is 17.6 Å². The zero-order valence-electron chi connectivity index (χ0n) is 11.7. The van der Waals surface area contributed by atoms with E-state index in [1.165, 1.54) is 19.3 Å². The third kappa shape index (κ3) is 3.47. The van der Waals surface area contributed by atoms with E-state index in [1.807, 2.05) is 0 Å². The number of hydrogen-bond donors (Lipinski definition) is 2. The minimum atomic E-state index is 0.0695. The van der Waals surface area contributed by atoms with Crippen LogP contribution < -0.4 is 11.1 Å². The maximum Gasteiger partial charge on any atom is 0.223 e. The summed E-state index contributed by atoms with van der Waals surface area (Å²) in [5.74, 6) is 1.20. The maximum atomic E-state index is 12.3. The molecule has 0 radical (unpaired) electrons. The topological polar surface area (TPSA) is 55.1 Å². The van der Waals surface area contributed by atoms with Crippen LogP contribution in [-0.2, 0) is 4.79 Å². The predicted octanol–water partition coefficient (Wildman–Crippen LogP) is 2.59. The van der Waals surface area contributed by atoms with Gasteiger partial charge in [-0.2, -0.15) is 0 Å². The first-order chi connectivity index (χ1) is 8.63. The molecule has 3 N–H and O–H groups in total. The Morgan fingerprint density at radius 3 is 2.33 bits per heavy atom. The average Bonchev–Trinajstić information content (AvgIpc) is 2.39. The molecule has 0 bridgehead atoms. The number of rotatable bonds is 3. The summed E-state index contributed by atoms with van der Waals surface area (Å²) in [6.45, 7) is 3.00. The lowest BCUT2D eigenvalue weighted by molar-refractivity contribution is -0.128. The minimum absolute atomic E-state index is 0.0695. The van der Waals surface area contributed by atoms with Crippen molar-refractivity contribution in [2.45, 2.75) is 70.3 Å². The van der Waals surface area contributed by atoms with E-state index in [9.17, 15) is 4.79 Å². The number of carbonyl (C=O) groups excluding carboxylic acids is 1. The highest BCUT2D eigenvalue weighted by molar-refractivity contribution is 5.79. The molecule has 0 aromatic heterocycles. The fraction of sp³-hybridized carbons (Fsp3) is 0.933. The summed E-state index contributed by atoms with van der Waals surface area (Å²) in [5.41, 5.74) is 5.76. The Hall–Kier alpha value is -0.570. The van der Waals surface area contributed by atoms with Gasteiger partial charge < -0.3 is 11.1 Å². The van der Waals surface area contributed by atoms with Gasteiger partial charge in [0.25, 0.3) is 0 Å². The van der Waals surface area contributed by atoms with Crippen LogP contribution in [0.5, 0.6) is 0 Å². The molecule has 0 aliphatic heterocycles. The van der Waals surface area contributed by atoms with Crippen molar-refractivity contribution >= 4 is 5.91 Å². The molecule has 0 aromatic rings. The average molecular weight is 252 g/mol. The summed E-state index contributed by atoms with van der Waals surface area (Å²) in [6.07, 6.45) is 10.5. The number of hydrogen-bond acceptors (Lipinski definition) is 2. The monoisotopic (exact) mass is 252 g/mol. The van der Waals surface area contributed by atoms with Crippen molar-refractivity contribution in [2.75, 3.05) is 6.54 Å². The van der Waals surface area contributed by atoms with Crippen molar-refractivity contribution in [3.05, 3.63) is 0 Å². The molecule has 0 saturated heterocycles. The van der Waals surface area contributed by atoms with Gasteiger partial charge in [0.15, 0.2) is 0 Å². The Kier molecular flexibility index (Phi) is 4.66. The molecule has 104 valence electrons. The summed E-state index contributed by atoms with van der Waals surface area (Å²) in [7, 11) is 0. The molecule has 1 amide bonds. The Balaban J connectivity index is 1.81. The van der Waals surface area contributed by atoms with E-state index in [2.05, 4.69) is 12.2 Å². The first-order valence-electron chi connectivity index (χ1n) is 7.65. The number of nitrogens with two attached hydrogens (primary N) is 1. The van der Waals surface area contributed by atoms with Crippen LogP contribution in [0.1, 0.15) is 64.7 Å². The Labute approximate surface area is 111 Å². The van der Waals surface area contributed by atoms with Crippen LogP contribution in [-0.4, -0.2) is 18.0 Å². The third-order valence-electron chi connectivity index (χ3n) is 4.93. The smallest absolute Gasteiger partial charge is 0.223 e. The highest BCUT2D eigenvalue weighted by Gasteiger charge is 2.32. The van der Waals surface area contributed by atoms with E-state index in [1.54, 1.807) is 0 Å². The zero-order chi connectivity index (χ0) is 13.0. The lowest BCUT2D eigenvalue weighted by Gasteiger charge is -2.37. The van der Waals surface area contributed by atoms with Gasteiger partial charge in [-0.25, -0.2) is 0 Å². The molecular weight excluding hydrogens is 224 g/mol. The molecule has 0 atom stereocenters. The molecule has 3 nitrogen and oxygen atoms in total. The van der Waals surface area contributed by atoms with Gasteiger partial charge in [-0.1, -0.05) is 19.3 Å². The van der Waals surface area contributed by atoms with Crippen molar-refractivity contribution in [3.8, 4) is 0 Å². The van der Waals surface area contributed by atoms with Crippen LogP contribution in [0.4, 0.5) is 0 Å². The van der Waals surface area contributed by atoms with Crippen molar-refractivity contribution in [1.82, 2.24) is 5.32 Å². The van der Waals surface area contributed by atoms with Crippen molar-refractivity contribution < 1.29 is 4.79 Å². The Morgan fingerprint density at radius 2 is 1.78 bits per heavy atom. The number of carbonyl (C=O) groups is 1. The second kappa shape index (κ2) is 6.05. The summed E-state index contributed by atoms with van der Waals surface area (Å²) in [6, 6.07) is 0. The van der Waals surface area contributed by atoms with Crippen LogP contribution in [0.15, 0.2) is 0 Å². The van der Waals surface area contributed by atoms with Gasteiger partial charge in [-0.15, -0.1) is 0 Å². The summed E-state index contributed by atoms with van der Waals surface area (Å²) >= 11 is 0. The van der Waals surface area contributed by atoms with Crippen LogP contribution in [0.2, 0.25) is 0 Å². The van der Waals surface area contributed by atoms with E-state index < -0.39 is 0 Å². The number of nitrogens with one attached hydrogen (secondary N) is 1. The predicted molar refractivity (Wildman–Crippen MR) is 74.1 cm³/mol. The summed E-state index contributed by atoms with van der Waals surface area (Å²) < 4.78 is 0. The number of amides is 1. The Morgan fingerprint density at radius 1 is 1.17 bits per heavy atom. The Bertz CT molecular complexity index is 276. The highest BCUT2D eigenvalue weighted by atomic mass is 16.2. The lowest BCUT2D eigenvalue weighted by atomic mass is 9.79. The molecule has 2 fully saturated rings. The molecule has 2 saturated carbocycles. The molecule has 0 unspecified atom stereocenters. The van der Waals surface area contributed by atoms with E-state index in [0.717, 1.165) is 45.1 Å². The fourth-order valence-electron chi connectivity index (χ4n) is 3.52. The SMILES string of the molecule is CC1(NC(=O)C2CCC(CN)CC2)CCCCC1. The third-order valence-corrected chi connectivity index (χ3v) is 4.93. The van der Waals surface area contributed by atoms with Gasteiger partial charge in [0.2, 0.25) is 5.91 Å². The molecule has 0 aromatic carbocycles. The van der Waals surface area contributed by atoms with Crippen molar-refractivity contribution in [1.29, 1.82) is 0 Å². The zero-order valence-corrected chi connectivity index (χ0v) is 11.7. The molecule has 2 aliphatic carbocycles. The maximum absolute atomic E-state index is 12.3. The van der Waals surface area contributed by atoms with Gasteiger partial charge in [0.1, 0.15) is 0 Å². The fourth-order valence-corrected chi connectivity index (χ4v) is 3.52. The molecule has 2 aliphatic rings. The molecule has 0 spiro atoms. The second-order valence-corrected chi connectivity index (χ2v) is 6.56. The minimum Gasteiger partial charge on any atom is -0.351 e. The quantitative estimate of drug-likeness (QED) is 0.811. The molecule has 18 heavy (non-hydrogen) atoms.